The van der Waals surface area contributed by atoms with Gasteiger partial charge in [-0.3, -0.25) is 5.10 Å². The van der Waals surface area contributed by atoms with E-state index in [2.05, 4.69) is 5.10 Å². The van der Waals surface area contributed by atoms with Crippen molar-refractivity contribution in [2.45, 2.75) is 0 Å². The summed E-state index contributed by atoms with van der Waals surface area (Å²) in [5, 5.41) is 3.95. The molecule has 3 rings (SSSR count). The number of aromatic amines is 1. The predicted octanol–water partition coefficient (Wildman–Crippen LogP) is 4.86. The first kappa shape index (κ1) is 12.2. The lowest BCUT2D eigenvalue weighted by Crippen LogP contribution is -1.97. The highest BCUT2D eigenvalue weighted by Crippen LogP contribution is 2.23. The average molecular weight is 287 g/mol. The Morgan fingerprint density at radius 1 is 0.947 bits per heavy atom. The van der Waals surface area contributed by atoms with E-state index in [4.69, 9.17) is 23.8 Å². The summed E-state index contributed by atoms with van der Waals surface area (Å²) >= 11 is 11.6. The number of nitrogens with one attached hydrogen (secondary N) is 1. The summed E-state index contributed by atoms with van der Waals surface area (Å²) in [6.45, 7) is 0. The zero-order valence-electron chi connectivity index (χ0n) is 10.0. The van der Waals surface area contributed by atoms with Crippen molar-refractivity contribution in [3.63, 3.8) is 0 Å². The van der Waals surface area contributed by atoms with Gasteiger partial charge in [0.1, 0.15) is 4.64 Å². The topological polar surface area (TPSA) is 20.7 Å². The van der Waals surface area contributed by atoms with E-state index in [-0.39, 0.29) is 0 Å². The van der Waals surface area contributed by atoms with Gasteiger partial charge in [0.05, 0.1) is 16.4 Å². The summed E-state index contributed by atoms with van der Waals surface area (Å²) in [5.74, 6) is 0. The van der Waals surface area contributed by atoms with Crippen LogP contribution in [0.4, 0.5) is 0 Å². The van der Waals surface area contributed by atoms with Crippen LogP contribution >= 0.6 is 23.8 Å². The van der Waals surface area contributed by atoms with Crippen LogP contribution in [0.2, 0.25) is 5.02 Å². The fourth-order valence-electron chi connectivity index (χ4n) is 1.97. The minimum atomic E-state index is 0.667. The van der Waals surface area contributed by atoms with E-state index in [1.54, 1.807) is 0 Å². The van der Waals surface area contributed by atoms with Crippen LogP contribution in [-0.2, 0) is 0 Å². The van der Waals surface area contributed by atoms with Gasteiger partial charge >= 0.3 is 0 Å². The Morgan fingerprint density at radius 3 is 2.37 bits per heavy atom. The fourth-order valence-corrected chi connectivity index (χ4v) is 2.46. The van der Waals surface area contributed by atoms with Gasteiger partial charge in [0.2, 0.25) is 0 Å². The average Bonchev–Trinajstić information content (AvgIpc) is 2.82. The predicted molar refractivity (Wildman–Crippen MR) is 81.4 cm³/mol. The SMILES string of the molecule is S=c1cc(-c2ccccc2)[nH]n1-c1ccccc1Cl. The molecule has 0 spiro atoms. The van der Waals surface area contributed by atoms with Crippen LogP contribution in [0.25, 0.3) is 16.9 Å². The van der Waals surface area contributed by atoms with E-state index in [0.29, 0.717) is 9.66 Å². The van der Waals surface area contributed by atoms with Crippen LogP contribution in [-0.4, -0.2) is 9.78 Å². The molecule has 0 saturated carbocycles. The van der Waals surface area contributed by atoms with Gasteiger partial charge in [-0.1, -0.05) is 66.3 Å². The molecule has 94 valence electrons. The van der Waals surface area contributed by atoms with Crippen molar-refractivity contribution in [3.8, 4) is 16.9 Å². The molecule has 2 aromatic carbocycles. The Bertz CT molecular complexity index is 759. The van der Waals surface area contributed by atoms with Crippen LogP contribution in [0.15, 0.2) is 60.7 Å². The number of rotatable bonds is 2. The van der Waals surface area contributed by atoms with Crippen molar-refractivity contribution in [2.75, 3.05) is 0 Å². The molecule has 0 saturated heterocycles. The monoisotopic (exact) mass is 286 g/mol. The first-order chi connectivity index (χ1) is 9.25. The van der Waals surface area contributed by atoms with Crippen molar-refractivity contribution in [2.24, 2.45) is 0 Å². The molecule has 0 atom stereocenters. The van der Waals surface area contributed by atoms with Crippen LogP contribution in [0.5, 0.6) is 0 Å². The Labute approximate surface area is 121 Å². The molecule has 0 unspecified atom stereocenters. The smallest absolute Gasteiger partial charge is 0.128 e. The Hall–Kier alpha value is -1.84. The summed E-state index contributed by atoms with van der Waals surface area (Å²) < 4.78 is 2.52. The molecule has 0 fully saturated rings. The summed E-state index contributed by atoms with van der Waals surface area (Å²) in [6.07, 6.45) is 0. The van der Waals surface area contributed by atoms with E-state index in [9.17, 15) is 0 Å². The molecule has 0 bridgehead atoms. The Morgan fingerprint density at radius 2 is 1.63 bits per heavy atom. The number of nitrogens with zero attached hydrogens (tertiary/aromatic N) is 1. The zero-order chi connectivity index (χ0) is 13.2. The summed E-state index contributed by atoms with van der Waals surface area (Å²) in [6, 6.07) is 19.6. The van der Waals surface area contributed by atoms with Crippen LogP contribution < -0.4 is 0 Å². The molecule has 3 aromatic rings. The largest absolute Gasteiger partial charge is 0.292 e. The highest BCUT2D eigenvalue weighted by molar-refractivity contribution is 7.71. The van der Waals surface area contributed by atoms with Gasteiger partial charge in [-0.15, -0.1) is 0 Å². The minimum Gasteiger partial charge on any atom is -0.292 e. The quantitative estimate of drug-likeness (QED) is 0.668. The van der Waals surface area contributed by atoms with Gasteiger partial charge in [-0.05, 0) is 17.7 Å². The van der Waals surface area contributed by atoms with E-state index in [0.717, 1.165) is 16.9 Å². The lowest BCUT2D eigenvalue weighted by Gasteiger charge is -2.05. The second-order valence-electron chi connectivity index (χ2n) is 4.16. The molecule has 0 aliphatic heterocycles. The molecule has 19 heavy (non-hydrogen) atoms. The van der Waals surface area contributed by atoms with Gasteiger partial charge < -0.3 is 0 Å². The van der Waals surface area contributed by atoms with Gasteiger partial charge in [-0.25, -0.2) is 4.68 Å². The number of H-pyrrole nitrogens is 1. The number of hydrogen-bond acceptors (Lipinski definition) is 1. The number of benzene rings is 2. The normalized spacial score (nSPS) is 10.6. The number of hydrogen-bond donors (Lipinski definition) is 1. The van der Waals surface area contributed by atoms with Crippen LogP contribution in [0.1, 0.15) is 0 Å². The summed E-state index contributed by atoms with van der Waals surface area (Å²) in [4.78, 5) is 0. The first-order valence-electron chi connectivity index (χ1n) is 5.88. The maximum atomic E-state index is 6.20. The second kappa shape index (κ2) is 5.03. The molecule has 2 nitrogen and oxygen atoms in total. The molecule has 0 aliphatic carbocycles. The van der Waals surface area contributed by atoms with Crippen molar-refractivity contribution >= 4 is 23.8 Å². The van der Waals surface area contributed by atoms with E-state index >= 15 is 0 Å². The molecule has 1 aromatic heterocycles. The lowest BCUT2D eigenvalue weighted by molar-refractivity contribution is 0.873. The maximum Gasteiger partial charge on any atom is 0.128 e. The van der Waals surface area contributed by atoms with Gasteiger partial charge in [0.15, 0.2) is 0 Å². The fraction of sp³-hybridized carbons (Fsp3) is 0. The second-order valence-corrected chi connectivity index (χ2v) is 4.99. The molecule has 0 amide bonds. The van der Waals surface area contributed by atoms with Crippen molar-refractivity contribution < 1.29 is 0 Å². The third-order valence-electron chi connectivity index (χ3n) is 2.90. The van der Waals surface area contributed by atoms with Crippen molar-refractivity contribution in [1.82, 2.24) is 9.78 Å². The van der Waals surface area contributed by atoms with Gasteiger partial charge in [0.25, 0.3) is 0 Å². The molecular weight excluding hydrogens is 276 g/mol. The van der Waals surface area contributed by atoms with E-state index < -0.39 is 0 Å². The van der Waals surface area contributed by atoms with Gasteiger partial charge in [-0.2, -0.15) is 0 Å². The van der Waals surface area contributed by atoms with E-state index in [1.165, 1.54) is 0 Å². The molecule has 1 heterocycles. The van der Waals surface area contributed by atoms with Gasteiger partial charge in [0, 0.05) is 6.07 Å². The standard InChI is InChI=1S/C15H11ClN2S/c16-12-8-4-5-9-14(12)18-15(19)10-13(17-18)11-6-2-1-3-7-11/h1-10,17H. The number of halogens is 1. The lowest BCUT2D eigenvalue weighted by atomic mass is 10.2. The van der Waals surface area contributed by atoms with Crippen molar-refractivity contribution in [3.05, 3.63) is 70.3 Å². The summed E-state index contributed by atoms with van der Waals surface area (Å²) in [5.41, 5.74) is 2.93. The number of para-hydroxylation sites is 1. The third-order valence-corrected chi connectivity index (χ3v) is 3.52. The first-order valence-corrected chi connectivity index (χ1v) is 6.67. The highest BCUT2D eigenvalue weighted by atomic mass is 35.5. The van der Waals surface area contributed by atoms with E-state index in [1.807, 2.05) is 65.3 Å². The molecule has 0 radical (unpaired) electrons. The molecule has 4 heteroatoms. The minimum absolute atomic E-state index is 0.667. The molecular formula is C15H11ClN2S. The highest BCUT2D eigenvalue weighted by Gasteiger charge is 2.06. The van der Waals surface area contributed by atoms with Crippen LogP contribution in [0.3, 0.4) is 0 Å². The van der Waals surface area contributed by atoms with Crippen molar-refractivity contribution in [1.29, 1.82) is 0 Å². The zero-order valence-corrected chi connectivity index (χ0v) is 11.6. The molecule has 1 N–H and O–H groups in total. The molecule has 0 aliphatic rings. The Kier molecular flexibility index (Phi) is 3.23. The maximum absolute atomic E-state index is 6.20. The van der Waals surface area contributed by atoms with Crippen LogP contribution in [0, 0.1) is 4.64 Å². The third kappa shape index (κ3) is 2.35. The summed E-state index contributed by atoms with van der Waals surface area (Å²) in [7, 11) is 0. The Balaban J connectivity index is 2.14. The number of aromatic nitrogens is 2.